The predicted molar refractivity (Wildman–Crippen MR) is 120 cm³/mol. The Balaban J connectivity index is 1.32. The fourth-order valence-corrected chi connectivity index (χ4v) is 3.67. The van der Waals surface area contributed by atoms with Crippen LogP contribution in [-0.2, 0) is 4.79 Å². The van der Waals surface area contributed by atoms with Crippen LogP contribution in [0.25, 0.3) is 5.82 Å². The Kier molecular flexibility index (Phi) is 6.69. The third-order valence-electron chi connectivity index (χ3n) is 4.94. The van der Waals surface area contributed by atoms with Gasteiger partial charge in [0.2, 0.25) is 5.91 Å². The van der Waals surface area contributed by atoms with Crippen molar-refractivity contribution >= 4 is 23.6 Å². The van der Waals surface area contributed by atoms with Crippen molar-refractivity contribution in [3.63, 3.8) is 0 Å². The van der Waals surface area contributed by atoms with Gasteiger partial charge in [0.05, 0.1) is 18.9 Å². The van der Waals surface area contributed by atoms with Crippen LogP contribution in [0, 0.1) is 0 Å². The van der Waals surface area contributed by atoms with Gasteiger partial charge < -0.3 is 15.4 Å². The number of nitrogens with one attached hydrogen (secondary N) is 2. The van der Waals surface area contributed by atoms with Gasteiger partial charge in [0, 0.05) is 18.3 Å². The summed E-state index contributed by atoms with van der Waals surface area (Å²) >= 11 is 1.31. The molecule has 2 aromatic heterocycles. The number of amides is 2. The van der Waals surface area contributed by atoms with Crippen LogP contribution in [-0.4, -0.2) is 50.5 Å². The van der Waals surface area contributed by atoms with Crippen LogP contribution in [0.5, 0.6) is 5.75 Å². The maximum absolute atomic E-state index is 12.4. The Hall–Kier alpha value is -3.40. The van der Waals surface area contributed by atoms with E-state index in [0.717, 1.165) is 24.2 Å². The summed E-state index contributed by atoms with van der Waals surface area (Å²) in [6.07, 6.45) is 5.14. The van der Waals surface area contributed by atoms with Crippen LogP contribution >= 0.6 is 11.8 Å². The molecule has 32 heavy (non-hydrogen) atoms. The number of methoxy groups -OCH3 is 1. The fourth-order valence-electron chi connectivity index (χ4n) is 2.99. The van der Waals surface area contributed by atoms with Gasteiger partial charge in [-0.2, -0.15) is 5.10 Å². The second-order valence-corrected chi connectivity index (χ2v) is 8.45. The summed E-state index contributed by atoms with van der Waals surface area (Å²) in [4.78, 5) is 33.0. The van der Waals surface area contributed by atoms with Crippen molar-refractivity contribution in [2.24, 2.45) is 0 Å². The highest BCUT2D eigenvalue weighted by Crippen LogP contribution is 2.21. The molecule has 166 valence electrons. The lowest BCUT2D eigenvalue weighted by atomic mass is 10.1. The molecule has 2 N–H and O–H groups in total. The summed E-state index contributed by atoms with van der Waals surface area (Å²) in [7, 11) is 1.62. The summed E-state index contributed by atoms with van der Waals surface area (Å²) in [6.45, 7) is 1.93. The zero-order valence-corrected chi connectivity index (χ0v) is 18.6. The number of thioether (sulfide) groups is 1. The predicted octanol–water partition coefficient (Wildman–Crippen LogP) is 2.53. The molecule has 2 heterocycles. The van der Waals surface area contributed by atoms with Gasteiger partial charge in [-0.25, -0.2) is 14.6 Å². The second kappa shape index (κ2) is 9.82. The summed E-state index contributed by atoms with van der Waals surface area (Å²) in [6, 6.07) is 11.1. The first-order valence-corrected chi connectivity index (χ1v) is 11.3. The van der Waals surface area contributed by atoms with Gasteiger partial charge in [0.1, 0.15) is 17.1 Å². The van der Waals surface area contributed by atoms with Crippen molar-refractivity contribution in [2.75, 3.05) is 12.9 Å². The van der Waals surface area contributed by atoms with E-state index in [4.69, 9.17) is 4.74 Å². The van der Waals surface area contributed by atoms with E-state index in [1.807, 2.05) is 31.2 Å². The van der Waals surface area contributed by atoms with E-state index < -0.39 is 0 Å². The first kappa shape index (κ1) is 21.8. The van der Waals surface area contributed by atoms with Crippen LogP contribution < -0.4 is 15.4 Å². The van der Waals surface area contributed by atoms with Crippen molar-refractivity contribution in [2.45, 2.75) is 36.9 Å². The molecule has 0 radical (unpaired) electrons. The largest absolute Gasteiger partial charge is 0.497 e. The molecule has 0 unspecified atom stereocenters. The van der Waals surface area contributed by atoms with Gasteiger partial charge in [0.15, 0.2) is 11.5 Å². The molecule has 1 aliphatic rings. The minimum atomic E-state index is -0.183. The molecular weight excluding hydrogens is 428 g/mol. The fraction of sp³-hybridized carbons (Fsp3) is 0.318. The molecule has 1 aromatic carbocycles. The first-order valence-electron chi connectivity index (χ1n) is 10.3. The standard InChI is InChI=1S/C22H24N6O3S/c1-14(15-3-7-17(31-2)8-4-15)25-20(29)12-32-21-11-19(23-13-24-21)28-10-9-18(27-28)22(30)26-16-5-6-16/h3-4,7-11,13-14,16H,5-6,12H2,1-2H3,(H,25,29)(H,26,30)/t14-/m1/s1. The monoisotopic (exact) mass is 452 g/mol. The first-order chi connectivity index (χ1) is 15.5. The average molecular weight is 453 g/mol. The number of rotatable bonds is 9. The summed E-state index contributed by atoms with van der Waals surface area (Å²) in [5, 5.41) is 10.8. The minimum absolute atomic E-state index is 0.100. The third kappa shape index (κ3) is 5.64. The van der Waals surface area contributed by atoms with E-state index in [-0.39, 0.29) is 29.7 Å². The summed E-state index contributed by atoms with van der Waals surface area (Å²) in [5.74, 6) is 1.23. The van der Waals surface area contributed by atoms with E-state index in [1.54, 1.807) is 25.4 Å². The molecule has 0 saturated heterocycles. The molecule has 9 nitrogen and oxygen atoms in total. The van der Waals surface area contributed by atoms with Crippen molar-refractivity contribution in [3.8, 4) is 11.6 Å². The number of aromatic nitrogens is 4. The third-order valence-corrected chi connectivity index (χ3v) is 5.87. The lowest BCUT2D eigenvalue weighted by molar-refractivity contribution is -0.119. The van der Waals surface area contributed by atoms with Crippen LogP contribution in [0.4, 0.5) is 0 Å². The van der Waals surface area contributed by atoms with Crippen LogP contribution in [0.1, 0.15) is 41.9 Å². The molecule has 0 aliphatic heterocycles. The van der Waals surface area contributed by atoms with E-state index >= 15 is 0 Å². The number of hydrogen-bond acceptors (Lipinski definition) is 7. The topological polar surface area (TPSA) is 111 Å². The smallest absolute Gasteiger partial charge is 0.272 e. The molecule has 0 bridgehead atoms. The van der Waals surface area contributed by atoms with E-state index in [2.05, 4.69) is 25.7 Å². The highest BCUT2D eigenvalue weighted by atomic mass is 32.2. The van der Waals surface area contributed by atoms with Crippen molar-refractivity contribution in [1.29, 1.82) is 0 Å². The van der Waals surface area contributed by atoms with E-state index in [9.17, 15) is 9.59 Å². The maximum atomic E-state index is 12.4. The number of carbonyl (C=O) groups excluding carboxylic acids is 2. The molecule has 1 fully saturated rings. The van der Waals surface area contributed by atoms with E-state index in [0.29, 0.717) is 16.5 Å². The van der Waals surface area contributed by atoms with Gasteiger partial charge in [-0.3, -0.25) is 9.59 Å². The quantitative estimate of drug-likeness (QED) is 0.379. The number of carbonyl (C=O) groups is 2. The molecule has 1 atom stereocenters. The molecular formula is C22H24N6O3S. The van der Waals surface area contributed by atoms with Gasteiger partial charge in [-0.15, -0.1) is 0 Å². The van der Waals surface area contributed by atoms with Gasteiger partial charge >= 0.3 is 0 Å². The molecule has 1 saturated carbocycles. The maximum Gasteiger partial charge on any atom is 0.272 e. The Morgan fingerprint density at radius 1 is 1.22 bits per heavy atom. The number of benzene rings is 1. The number of ether oxygens (including phenoxy) is 1. The number of hydrogen-bond donors (Lipinski definition) is 2. The van der Waals surface area contributed by atoms with Crippen molar-refractivity contribution < 1.29 is 14.3 Å². The lowest BCUT2D eigenvalue weighted by Gasteiger charge is -2.14. The Bertz CT molecular complexity index is 1100. The minimum Gasteiger partial charge on any atom is -0.497 e. The normalized spacial score (nSPS) is 13.9. The van der Waals surface area contributed by atoms with E-state index in [1.165, 1.54) is 22.8 Å². The summed E-state index contributed by atoms with van der Waals surface area (Å²) in [5.41, 5.74) is 1.34. The Labute approximate surface area is 190 Å². The Morgan fingerprint density at radius 3 is 2.72 bits per heavy atom. The molecule has 10 heteroatoms. The SMILES string of the molecule is COc1ccc([C@@H](C)NC(=O)CSc2cc(-n3ccc(C(=O)NC4CC4)n3)ncn2)cc1. The van der Waals surface area contributed by atoms with Gasteiger partial charge in [0.25, 0.3) is 5.91 Å². The molecule has 3 aromatic rings. The average Bonchev–Trinajstić information content (AvgIpc) is 3.48. The highest BCUT2D eigenvalue weighted by molar-refractivity contribution is 7.99. The van der Waals surface area contributed by atoms with Crippen molar-refractivity contribution in [3.05, 3.63) is 60.2 Å². The highest BCUT2D eigenvalue weighted by Gasteiger charge is 2.24. The summed E-state index contributed by atoms with van der Waals surface area (Å²) < 4.78 is 6.69. The van der Waals surface area contributed by atoms with Crippen LogP contribution in [0.2, 0.25) is 0 Å². The van der Waals surface area contributed by atoms with Crippen LogP contribution in [0.15, 0.2) is 53.9 Å². The zero-order chi connectivity index (χ0) is 22.5. The van der Waals surface area contributed by atoms with Gasteiger partial charge in [-0.05, 0) is 43.5 Å². The molecule has 0 spiro atoms. The van der Waals surface area contributed by atoms with Gasteiger partial charge in [-0.1, -0.05) is 23.9 Å². The van der Waals surface area contributed by atoms with Crippen molar-refractivity contribution in [1.82, 2.24) is 30.4 Å². The molecule has 1 aliphatic carbocycles. The van der Waals surface area contributed by atoms with Crippen LogP contribution in [0.3, 0.4) is 0 Å². The molecule has 4 rings (SSSR count). The Morgan fingerprint density at radius 2 is 2.00 bits per heavy atom. The number of nitrogens with zero attached hydrogens (tertiary/aromatic N) is 4. The second-order valence-electron chi connectivity index (χ2n) is 7.46. The zero-order valence-electron chi connectivity index (χ0n) is 17.8. The lowest BCUT2D eigenvalue weighted by Crippen LogP contribution is -2.28. The molecule has 2 amide bonds.